The van der Waals surface area contributed by atoms with Crippen LogP contribution in [0.1, 0.15) is 17.2 Å². The van der Waals surface area contributed by atoms with Crippen molar-refractivity contribution in [2.24, 2.45) is 0 Å². The van der Waals surface area contributed by atoms with Crippen LogP contribution >= 0.6 is 39.1 Å². The molecule has 2 aromatic carbocycles. The SMILES string of the molecule is O=C(CBr)NC(c1ccc(Cl)cc1)c1ccc(Cl)cc1. The predicted octanol–water partition coefficient (Wildman–Crippen LogP) is 4.59. The summed E-state index contributed by atoms with van der Waals surface area (Å²) in [7, 11) is 0. The maximum atomic E-state index is 11.7. The topological polar surface area (TPSA) is 29.1 Å². The van der Waals surface area contributed by atoms with Crippen molar-refractivity contribution in [3.8, 4) is 0 Å². The number of carbonyl (C=O) groups is 1. The molecule has 0 saturated carbocycles. The molecule has 5 heteroatoms. The molecule has 20 heavy (non-hydrogen) atoms. The summed E-state index contributed by atoms with van der Waals surface area (Å²) in [4.78, 5) is 11.7. The highest BCUT2D eigenvalue weighted by molar-refractivity contribution is 9.09. The Labute approximate surface area is 136 Å². The molecule has 0 radical (unpaired) electrons. The van der Waals surface area contributed by atoms with Crippen LogP contribution in [0.2, 0.25) is 10.0 Å². The van der Waals surface area contributed by atoms with Crippen molar-refractivity contribution in [1.29, 1.82) is 0 Å². The third kappa shape index (κ3) is 3.98. The summed E-state index contributed by atoms with van der Waals surface area (Å²) < 4.78 is 0. The molecule has 0 atom stereocenters. The van der Waals surface area contributed by atoms with Gasteiger partial charge in [0.05, 0.1) is 11.4 Å². The summed E-state index contributed by atoms with van der Waals surface area (Å²) in [6.07, 6.45) is 0. The normalized spacial score (nSPS) is 10.6. The number of halogens is 3. The zero-order valence-electron chi connectivity index (χ0n) is 10.4. The number of rotatable bonds is 4. The number of benzene rings is 2. The first kappa shape index (κ1) is 15.4. The minimum absolute atomic E-state index is 0.0834. The molecule has 0 saturated heterocycles. The van der Waals surface area contributed by atoms with Crippen LogP contribution in [0, 0.1) is 0 Å². The Morgan fingerprint density at radius 2 is 1.35 bits per heavy atom. The van der Waals surface area contributed by atoms with Crippen molar-refractivity contribution in [2.75, 3.05) is 5.33 Å². The summed E-state index contributed by atoms with van der Waals surface area (Å²) in [6, 6.07) is 14.6. The molecule has 0 unspecified atom stereocenters. The number of hydrogen-bond donors (Lipinski definition) is 1. The molecule has 0 bridgehead atoms. The molecule has 0 aromatic heterocycles. The maximum Gasteiger partial charge on any atom is 0.231 e. The summed E-state index contributed by atoms with van der Waals surface area (Å²) in [5, 5.41) is 4.55. The van der Waals surface area contributed by atoms with E-state index in [4.69, 9.17) is 23.2 Å². The monoisotopic (exact) mass is 371 g/mol. The lowest BCUT2D eigenvalue weighted by Gasteiger charge is -2.19. The third-order valence-corrected chi connectivity index (χ3v) is 3.85. The van der Waals surface area contributed by atoms with E-state index in [9.17, 15) is 4.79 Å². The summed E-state index contributed by atoms with van der Waals surface area (Å²) >= 11 is 15.0. The molecule has 2 aromatic rings. The van der Waals surface area contributed by atoms with E-state index < -0.39 is 0 Å². The van der Waals surface area contributed by atoms with Gasteiger partial charge < -0.3 is 5.32 Å². The molecule has 2 rings (SSSR count). The average Bonchev–Trinajstić information content (AvgIpc) is 2.46. The number of nitrogens with one attached hydrogen (secondary N) is 1. The number of carbonyl (C=O) groups excluding carboxylic acids is 1. The van der Waals surface area contributed by atoms with E-state index in [0.717, 1.165) is 11.1 Å². The Bertz CT molecular complexity index is 538. The van der Waals surface area contributed by atoms with E-state index in [1.54, 1.807) is 24.3 Å². The molecule has 2 nitrogen and oxygen atoms in total. The maximum absolute atomic E-state index is 11.7. The van der Waals surface area contributed by atoms with Crippen molar-refractivity contribution in [3.63, 3.8) is 0 Å². The standard InChI is InChI=1S/C15H12BrCl2NO/c16-9-14(20)19-15(10-1-5-12(17)6-2-10)11-3-7-13(18)8-4-11/h1-8,15H,9H2,(H,19,20). The van der Waals surface area contributed by atoms with E-state index in [-0.39, 0.29) is 17.3 Å². The van der Waals surface area contributed by atoms with Gasteiger partial charge in [0.25, 0.3) is 0 Å². The molecule has 1 amide bonds. The van der Waals surface area contributed by atoms with Gasteiger partial charge in [0, 0.05) is 10.0 Å². The van der Waals surface area contributed by atoms with Gasteiger partial charge in [-0.3, -0.25) is 4.79 Å². The molecule has 0 aliphatic carbocycles. The minimum Gasteiger partial charge on any atom is -0.344 e. The summed E-state index contributed by atoms with van der Waals surface area (Å²) in [5.41, 5.74) is 1.93. The molecule has 0 aliphatic heterocycles. The first-order valence-corrected chi connectivity index (χ1v) is 7.84. The smallest absolute Gasteiger partial charge is 0.231 e. The van der Waals surface area contributed by atoms with Crippen LogP contribution in [-0.4, -0.2) is 11.2 Å². The van der Waals surface area contributed by atoms with Gasteiger partial charge in [-0.15, -0.1) is 0 Å². The molecular weight excluding hydrogens is 361 g/mol. The van der Waals surface area contributed by atoms with E-state index >= 15 is 0 Å². The van der Waals surface area contributed by atoms with Gasteiger partial charge in [-0.2, -0.15) is 0 Å². The zero-order chi connectivity index (χ0) is 14.5. The van der Waals surface area contributed by atoms with Crippen LogP contribution in [0.5, 0.6) is 0 Å². The first-order chi connectivity index (χ1) is 9.60. The fourth-order valence-electron chi connectivity index (χ4n) is 1.87. The van der Waals surface area contributed by atoms with Gasteiger partial charge >= 0.3 is 0 Å². The van der Waals surface area contributed by atoms with Crippen molar-refractivity contribution in [2.45, 2.75) is 6.04 Å². The number of amides is 1. The lowest BCUT2D eigenvalue weighted by Crippen LogP contribution is -2.30. The van der Waals surface area contributed by atoms with E-state index in [1.165, 1.54) is 0 Å². The molecule has 0 aliphatic rings. The zero-order valence-corrected chi connectivity index (χ0v) is 13.5. The molecule has 1 N–H and O–H groups in total. The predicted molar refractivity (Wildman–Crippen MR) is 86.7 cm³/mol. The van der Waals surface area contributed by atoms with Crippen LogP contribution in [0.3, 0.4) is 0 Å². The average molecular weight is 373 g/mol. The summed E-state index contributed by atoms with van der Waals surface area (Å²) in [6.45, 7) is 0. The Balaban J connectivity index is 2.35. The van der Waals surface area contributed by atoms with Crippen LogP contribution < -0.4 is 5.32 Å². The lowest BCUT2D eigenvalue weighted by atomic mass is 9.99. The second kappa shape index (κ2) is 7.11. The fraction of sp³-hybridized carbons (Fsp3) is 0.133. The third-order valence-electron chi connectivity index (χ3n) is 2.83. The van der Waals surface area contributed by atoms with Gasteiger partial charge in [-0.25, -0.2) is 0 Å². The number of alkyl halides is 1. The van der Waals surface area contributed by atoms with Gasteiger partial charge in [0.2, 0.25) is 5.91 Å². The fourth-order valence-corrected chi connectivity index (χ4v) is 2.28. The van der Waals surface area contributed by atoms with E-state index in [0.29, 0.717) is 10.0 Å². The van der Waals surface area contributed by atoms with Gasteiger partial charge in [0.15, 0.2) is 0 Å². The first-order valence-electron chi connectivity index (χ1n) is 5.96. The van der Waals surface area contributed by atoms with Gasteiger partial charge in [-0.05, 0) is 35.4 Å². The minimum atomic E-state index is -0.227. The molecule has 104 valence electrons. The highest BCUT2D eigenvalue weighted by Crippen LogP contribution is 2.25. The highest BCUT2D eigenvalue weighted by atomic mass is 79.9. The largest absolute Gasteiger partial charge is 0.344 e. The van der Waals surface area contributed by atoms with Crippen molar-refractivity contribution >= 4 is 45.0 Å². The molecule has 0 fully saturated rings. The Hall–Kier alpha value is -1.03. The summed E-state index contributed by atoms with van der Waals surface area (Å²) in [5.74, 6) is -0.0834. The highest BCUT2D eigenvalue weighted by Gasteiger charge is 2.16. The van der Waals surface area contributed by atoms with Crippen LogP contribution in [0.4, 0.5) is 0 Å². The van der Waals surface area contributed by atoms with Crippen LogP contribution in [0.25, 0.3) is 0 Å². The van der Waals surface area contributed by atoms with Gasteiger partial charge in [-0.1, -0.05) is 63.4 Å². The van der Waals surface area contributed by atoms with E-state index in [1.807, 2.05) is 24.3 Å². The van der Waals surface area contributed by atoms with Crippen molar-refractivity contribution in [3.05, 3.63) is 69.7 Å². The Kier molecular flexibility index (Phi) is 5.46. The Morgan fingerprint density at radius 1 is 0.950 bits per heavy atom. The van der Waals surface area contributed by atoms with Gasteiger partial charge in [0.1, 0.15) is 0 Å². The second-order valence-electron chi connectivity index (χ2n) is 4.24. The quantitative estimate of drug-likeness (QED) is 0.781. The van der Waals surface area contributed by atoms with Crippen molar-refractivity contribution in [1.82, 2.24) is 5.32 Å². The lowest BCUT2D eigenvalue weighted by molar-refractivity contribution is -0.118. The molecule has 0 spiro atoms. The van der Waals surface area contributed by atoms with E-state index in [2.05, 4.69) is 21.2 Å². The number of hydrogen-bond acceptors (Lipinski definition) is 1. The van der Waals surface area contributed by atoms with Crippen molar-refractivity contribution < 1.29 is 4.79 Å². The van der Waals surface area contributed by atoms with Crippen LogP contribution in [0.15, 0.2) is 48.5 Å². The molecular formula is C15H12BrCl2NO. The second-order valence-corrected chi connectivity index (χ2v) is 5.67. The Morgan fingerprint density at radius 3 is 1.70 bits per heavy atom. The molecule has 0 heterocycles. The van der Waals surface area contributed by atoms with Crippen LogP contribution in [-0.2, 0) is 4.79 Å².